The Morgan fingerprint density at radius 1 is 1.22 bits per heavy atom. The molecule has 2 aliphatic carbocycles. The van der Waals surface area contributed by atoms with Crippen molar-refractivity contribution in [3.8, 4) is 0 Å². The van der Waals surface area contributed by atoms with Crippen molar-refractivity contribution in [2.45, 2.75) is 51.5 Å². The van der Waals surface area contributed by atoms with E-state index in [1.807, 2.05) is 18.9 Å². The summed E-state index contributed by atoms with van der Waals surface area (Å²) in [7, 11) is 1.84. The fourth-order valence-corrected chi connectivity index (χ4v) is 3.70. The summed E-state index contributed by atoms with van der Waals surface area (Å²) < 4.78 is 0. The van der Waals surface area contributed by atoms with Gasteiger partial charge in [0.1, 0.15) is 0 Å². The predicted molar refractivity (Wildman–Crippen MR) is 104 cm³/mol. The third-order valence-corrected chi connectivity index (χ3v) is 5.37. The summed E-state index contributed by atoms with van der Waals surface area (Å²) >= 11 is 0. The monoisotopic (exact) mass is 434 g/mol. The largest absolute Gasteiger partial charge is 0.356 e. The van der Waals surface area contributed by atoms with Crippen LogP contribution in [0.5, 0.6) is 0 Å². The number of halogens is 1. The summed E-state index contributed by atoms with van der Waals surface area (Å²) in [6, 6.07) is 0.335. The SMILES string of the molecule is CCC(=O)N1CCC(NC(=NC)NCC(C2CC2)C2CC2)C1.I. The van der Waals surface area contributed by atoms with Crippen LogP contribution in [0.1, 0.15) is 45.4 Å². The maximum atomic E-state index is 11.7. The van der Waals surface area contributed by atoms with Crippen LogP contribution < -0.4 is 10.6 Å². The first kappa shape index (κ1) is 18.8. The van der Waals surface area contributed by atoms with E-state index < -0.39 is 0 Å². The normalized spacial score (nSPS) is 24.6. The summed E-state index contributed by atoms with van der Waals surface area (Å²) in [5.41, 5.74) is 0. The predicted octanol–water partition coefficient (Wildman–Crippen LogP) is 2.22. The molecule has 1 aliphatic heterocycles. The standard InChI is InChI=1S/C17H30N4O.HI/c1-3-16(22)21-9-8-14(11-21)20-17(18-2)19-10-15(12-4-5-12)13-6-7-13;/h12-15H,3-11H2,1-2H3,(H2,18,19,20);1H. The number of amides is 1. The van der Waals surface area contributed by atoms with E-state index in [0.717, 1.165) is 49.8 Å². The maximum absolute atomic E-state index is 11.7. The first-order valence-corrected chi connectivity index (χ1v) is 8.96. The molecule has 3 rings (SSSR count). The number of likely N-dealkylation sites (tertiary alicyclic amines) is 1. The lowest BCUT2D eigenvalue weighted by molar-refractivity contribution is -0.129. The van der Waals surface area contributed by atoms with E-state index in [4.69, 9.17) is 0 Å². The highest BCUT2D eigenvalue weighted by atomic mass is 127. The van der Waals surface area contributed by atoms with Gasteiger partial charge in [0.25, 0.3) is 0 Å². The summed E-state index contributed by atoms with van der Waals surface area (Å²) in [5, 5.41) is 7.03. The molecule has 23 heavy (non-hydrogen) atoms. The second-order valence-corrected chi connectivity index (χ2v) is 7.12. The summed E-state index contributed by atoms with van der Waals surface area (Å²) in [5.74, 6) is 3.93. The molecule has 1 heterocycles. The van der Waals surface area contributed by atoms with Crippen molar-refractivity contribution < 1.29 is 4.79 Å². The van der Waals surface area contributed by atoms with Gasteiger partial charge in [0.15, 0.2) is 5.96 Å². The van der Waals surface area contributed by atoms with Gasteiger partial charge in [-0.25, -0.2) is 0 Å². The molecule has 0 aromatic rings. The molecule has 0 spiro atoms. The number of carbonyl (C=O) groups is 1. The van der Waals surface area contributed by atoms with Crippen molar-refractivity contribution in [3.05, 3.63) is 0 Å². The Bertz CT molecular complexity index is 422. The van der Waals surface area contributed by atoms with Gasteiger partial charge in [-0.05, 0) is 49.9 Å². The summed E-state index contributed by atoms with van der Waals surface area (Å²) in [4.78, 5) is 18.1. The second kappa shape index (κ2) is 8.53. The Labute approximate surface area is 157 Å². The lowest BCUT2D eigenvalue weighted by Gasteiger charge is -2.21. The Morgan fingerprint density at radius 3 is 2.39 bits per heavy atom. The van der Waals surface area contributed by atoms with Crippen molar-refractivity contribution >= 4 is 35.8 Å². The third kappa shape index (κ3) is 5.22. The molecule has 0 aromatic heterocycles. The van der Waals surface area contributed by atoms with Gasteiger partial charge in [0, 0.05) is 39.1 Å². The number of nitrogens with zero attached hydrogens (tertiary/aromatic N) is 2. The number of hydrogen-bond donors (Lipinski definition) is 2. The minimum atomic E-state index is 0. The van der Waals surface area contributed by atoms with Gasteiger partial charge in [-0.1, -0.05) is 6.92 Å². The molecule has 1 unspecified atom stereocenters. The number of aliphatic imine (C=N–C) groups is 1. The van der Waals surface area contributed by atoms with Gasteiger partial charge in [-0.2, -0.15) is 0 Å². The Morgan fingerprint density at radius 2 is 1.87 bits per heavy atom. The van der Waals surface area contributed by atoms with Gasteiger partial charge >= 0.3 is 0 Å². The van der Waals surface area contributed by atoms with Crippen molar-refractivity contribution in [3.63, 3.8) is 0 Å². The van der Waals surface area contributed by atoms with Crippen molar-refractivity contribution in [1.82, 2.24) is 15.5 Å². The number of guanidine groups is 1. The molecule has 2 saturated carbocycles. The molecular weight excluding hydrogens is 403 g/mol. The van der Waals surface area contributed by atoms with Crippen LogP contribution in [0.2, 0.25) is 0 Å². The van der Waals surface area contributed by atoms with Gasteiger partial charge in [-0.3, -0.25) is 9.79 Å². The Balaban J connectivity index is 0.00000192. The average molecular weight is 434 g/mol. The van der Waals surface area contributed by atoms with Crippen LogP contribution >= 0.6 is 24.0 Å². The zero-order chi connectivity index (χ0) is 15.5. The van der Waals surface area contributed by atoms with E-state index in [-0.39, 0.29) is 29.9 Å². The number of hydrogen-bond acceptors (Lipinski definition) is 2. The number of rotatable bonds is 6. The molecule has 3 aliphatic rings. The van der Waals surface area contributed by atoms with E-state index in [1.165, 1.54) is 25.7 Å². The number of nitrogens with one attached hydrogen (secondary N) is 2. The molecule has 1 amide bonds. The van der Waals surface area contributed by atoms with Crippen LogP contribution in [0.3, 0.4) is 0 Å². The van der Waals surface area contributed by atoms with E-state index in [1.54, 1.807) is 0 Å². The van der Waals surface area contributed by atoms with E-state index >= 15 is 0 Å². The highest BCUT2D eigenvalue weighted by Gasteiger charge is 2.41. The molecule has 1 saturated heterocycles. The third-order valence-electron chi connectivity index (χ3n) is 5.37. The van der Waals surface area contributed by atoms with Crippen LogP contribution in [-0.4, -0.2) is 49.5 Å². The van der Waals surface area contributed by atoms with Gasteiger partial charge in [0.05, 0.1) is 0 Å². The van der Waals surface area contributed by atoms with Crippen molar-refractivity contribution in [2.75, 3.05) is 26.7 Å². The first-order chi connectivity index (χ1) is 10.7. The van der Waals surface area contributed by atoms with Crippen molar-refractivity contribution in [2.24, 2.45) is 22.7 Å². The topological polar surface area (TPSA) is 56.7 Å². The van der Waals surface area contributed by atoms with E-state index in [2.05, 4.69) is 15.6 Å². The van der Waals surface area contributed by atoms with E-state index in [0.29, 0.717) is 12.5 Å². The molecule has 2 N–H and O–H groups in total. The fraction of sp³-hybridized carbons (Fsp3) is 0.882. The summed E-state index contributed by atoms with van der Waals surface area (Å²) in [6.45, 7) is 4.66. The van der Waals surface area contributed by atoms with Gasteiger partial charge in [-0.15, -0.1) is 24.0 Å². The van der Waals surface area contributed by atoms with E-state index in [9.17, 15) is 4.79 Å². The molecule has 5 nitrogen and oxygen atoms in total. The van der Waals surface area contributed by atoms with Crippen LogP contribution in [0, 0.1) is 17.8 Å². The molecule has 0 bridgehead atoms. The van der Waals surface area contributed by atoms with Crippen molar-refractivity contribution in [1.29, 1.82) is 0 Å². The quantitative estimate of drug-likeness (QED) is 0.383. The molecule has 0 radical (unpaired) electrons. The van der Waals surface area contributed by atoms with Crippen LogP contribution in [-0.2, 0) is 4.79 Å². The minimum absolute atomic E-state index is 0. The first-order valence-electron chi connectivity index (χ1n) is 8.96. The van der Waals surface area contributed by atoms with Gasteiger partial charge < -0.3 is 15.5 Å². The second-order valence-electron chi connectivity index (χ2n) is 7.12. The van der Waals surface area contributed by atoms with Crippen LogP contribution in [0.15, 0.2) is 4.99 Å². The van der Waals surface area contributed by atoms with Crippen LogP contribution in [0.4, 0.5) is 0 Å². The Hall–Kier alpha value is -0.530. The maximum Gasteiger partial charge on any atom is 0.222 e. The summed E-state index contributed by atoms with van der Waals surface area (Å²) in [6.07, 6.45) is 7.31. The smallest absolute Gasteiger partial charge is 0.222 e. The molecule has 6 heteroatoms. The molecule has 3 fully saturated rings. The highest BCUT2D eigenvalue weighted by Crippen LogP contribution is 2.48. The zero-order valence-corrected chi connectivity index (χ0v) is 16.7. The van der Waals surface area contributed by atoms with Gasteiger partial charge in [0.2, 0.25) is 5.91 Å². The van der Waals surface area contributed by atoms with Crippen LogP contribution in [0.25, 0.3) is 0 Å². The lowest BCUT2D eigenvalue weighted by Crippen LogP contribution is -2.46. The minimum Gasteiger partial charge on any atom is -0.356 e. The molecular formula is C17H31IN4O. The fourth-order valence-electron chi connectivity index (χ4n) is 3.70. The average Bonchev–Trinajstić information content (AvgIpc) is 3.46. The lowest BCUT2D eigenvalue weighted by atomic mass is 9.98. The molecule has 132 valence electrons. The number of carbonyl (C=O) groups excluding carboxylic acids is 1. The molecule has 0 aromatic carbocycles. The zero-order valence-electron chi connectivity index (χ0n) is 14.4. The molecule has 1 atom stereocenters. The Kier molecular flexibility index (Phi) is 6.98. The highest BCUT2D eigenvalue weighted by molar-refractivity contribution is 14.0.